The molecule has 2 aromatic carbocycles. The van der Waals surface area contributed by atoms with Gasteiger partial charge in [-0.25, -0.2) is 0 Å². The van der Waals surface area contributed by atoms with Gasteiger partial charge in [-0.05, 0) is 29.7 Å². The van der Waals surface area contributed by atoms with E-state index in [4.69, 9.17) is 4.74 Å². The van der Waals surface area contributed by atoms with Crippen LogP contribution >= 0.6 is 0 Å². The van der Waals surface area contributed by atoms with Gasteiger partial charge in [-0.1, -0.05) is 49.4 Å². The van der Waals surface area contributed by atoms with Crippen LogP contribution in [0.2, 0.25) is 0 Å². The molecule has 0 fully saturated rings. The van der Waals surface area contributed by atoms with Crippen LogP contribution in [0, 0.1) is 0 Å². The number of nitrogens with one attached hydrogen (secondary N) is 1. The predicted molar refractivity (Wildman–Crippen MR) is 89.7 cm³/mol. The summed E-state index contributed by atoms with van der Waals surface area (Å²) in [7, 11) is 1.63. The molecule has 0 radical (unpaired) electrons. The van der Waals surface area contributed by atoms with Gasteiger partial charge in [0.05, 0.1) is 7.11 Å². The molecule has 0 aliphatic carbocycles. The van der Waals surface area contributed by atoms with Crippen LogP contribution in [0.1, 0.15) is 23.6 Å². The molecule has 2 rings (SSSR count). The van der Waals surface area contributed by atoms with Gasteiger partial charge in [-0.15, -0.1) is 0 Å². The first-order valence-electron chi connectivity index (χ1n) is 7.39. The first-order chi connectivity index (χ1) is 10.7. The summed E-state index contributed by atoms with van der Waals surface area (Å²) in [5.41, 5.74) is 3.27. The van der Waals surface area contributed by atoms with E-state index in [1.165, 1.54) is 5.56 Å². The molecule has 2 aromatic rings. The number of hydrogen-bond donors (Lipinski definition) is 1. The van der Waals surface area contributed by atoms with Gasteiger partial charge in [0, 0.05) is 18.2 Å². The van der Waals surface area contributed by atoms with Crippen LogP contribution in [0.4, 0.5) is 0 Å². The SMILES string of the molecule is CCc1ccc(C=CC(=O)NCc2ccccc2OC)cc1. The van der Waals surface area contributed by atoms with E-state index in [1.54, 1.807) is 13.2 Å². The van der Waals surface area contributed by atoms with Gasteiger partial charge in [-0.2, -0.15) is 0 Å². The van der Waals surface area contributed by atoms with E-state index in [0.29, 0.717) is 6.54 Å². The molecular weight excluding hydrogens is 274 g/mol. The molecule has 3 nitrogen and oxygen atoms in total. The lowest BCUT2D eigenvalue weighted by Crippen LogP contribution is -2.20. The van der Waals surface area contributed by atoms with Crippen LogP contribution in [0.15, 0.2) is 54.6 Å². The Morgan fingerprint density at radius 1 is 1.14 bits per heavy atom. The summed E-state index contributed by atoms with van der Waals surface area (Å²) in [6.07, 6.45) is 4.39. The molecule has 0 atom stereocenters. The highest BCUT2D eigenvalue weighted by Gasteiger charge is 2.02. The highest BCUT2D eigenvalue weighted by Crippen LogP contribution is 2.16. The molecule has 0 bridgehead atoms. The fourth-order valence-electron chi connectivity index (χ4n) is 2.13. The summed E-state index contributed by atoms with van der Waals surface area (Å²) >= 11 is 0. The lowest BCUT2D eigenvalue weighted by atomic mass is 10.1. The van der Waals surface area contributed by atoms with Crippen molar-refractivity contribution in [2.75, 3.05) is 7.11 Å². The molecule has 22 heavy (non-hydrogen) atoms. The van der Waals surface area contributed by atoms with Crippen molar-refractivity contribution in [3.8, 4) is 5.75 Å². The van der Waals surface area contributed by atoms with Crippen LogP contribution in [-0.4, -0.2) is 13.0 Å². The summed E-state index contributed by atoms with van der Waals surface area (Å²) in [6.45, 7) is 2.57. The van der Waals surface area contributed by atoms with Crippen LogP contribution in [0.5, 0.6) is 5.75 Å². The Kier molecular flexibility index (Phi) is 5.78. The van der Waals surface area contributed by atoms with Crippen molar-refractivity contribution in [2.24, 2.45) is 0 Å². The molecule has 1 amide bonds. The van der Waals surface area contributed by atoms with Crippen LogP contribution in [0.3, 0.4) is 0 Å². The van der Waals surface area contributed by atoms with Gasteiger partial charge in [0.2, 0.25) is 5.91 Å². The third kappa shape index (κ3) is 4.48. The molecule has 114 valence electrons. The molecule has 3 heteroatoms. The number of methoxy groups -OCH3 is 1. The van der Waals surface area contributed by atoms with Gasteiger partial charge < -0.3 is 10.1 Å². The predicted octanol–water partition coefficient (Wildman–Crippen LogP) is 3.59. The van der Waals surface area contributed by atoms with Crippen LogP contribution in [-0.2, 0) is 17.8 Å². The summed E-state index contributed by atoms with van der Waals surface area (Å²) < 4.78 is 5.26. The van der Waals surface area contributed by atoms with E-state index < -0.39 is 0 Å². The standard InChI is InChI=1S/C19H21NO2/c1-3-15-8-10-16(11-9-15)12-13-19(21)20-14-17-6-4-5-7-18(17)22-2/h4-13H,3,14H2,1-2H3,(H,20,21). The second-order valence-corrected chi connectivity index (χ2v) is 4.96. The zero-order valence-electron chi connectivity index (χ0n) is 13.0. The maximum atomic E-state index is 11.9. The monoisotopic (exact) mass is 295 g/mol. The molecule has 0 aromatic heterocycles. The zero-order valence-corrected chi connectivity index (χ0v) is 13.0. The number of carbonyl (C=O) groups excluding carboxylic acids is 1. The number of carbonyl (C=O) groups is 1. The highest BCUT2D eigenvalue weighted by molar-refractivity contribution is 5.91. The largest absolute Gasteiger partial charge is 0.496 e. The number of para-hydroxylation sites is 1. The highest BCUT2D eigenvalue weighted by atomic mass is 16.5. The Morgan fingerprint density at radius 3 is 2.55 bits per heavy atom. The van der Waals surface area contributed by atoms with Crippen molar-refractivity contribution < 1.29 is 9.53 Å². The van der Waals surface area contributed by atoms with Crippen LogP contribution < -0.4 is 10.1 Å². The molecule has 0 unspecified atom stereocenters. The Morgan fingerprint density at radius 2 is 1.86 bits per heavy atom. The van der Waals surface area contributed by atoms with Crippen molar-refractivity contribution in [1.29, 1.82) is 0 Å². The molecule has 0 saturated carbocycles. The average Bonchev–Trinajstić information content (AvgIpc) is 2.58. The lowest BCUT2D eigenvalue weighted by molar-refractivity contribution is -0.116. The molecule has 0 heterocycles. The van der Waals surface area contributed by atoms with E-state index in [1.807, 2.05) is 42.5 Å². The summed E-state index contributed by atoms with van der Waals surface area (Å²) in [4.78, 5) is 11.9. The smallest absolute Gasteiger partial charge is 0.244 e. The number of ether oxygens (including phenoxy) is 1. The minimum atomic E-state index is -0.120. The molecule has 0 saturated heterocycles. The first-order valence-corrected chi connectivity index (χ1v) is 7.39. The minimum absolute atomic E-state index is 0.120. The third-order valence-electron chi connectivity index (χ3n) is 3.46. The Hall–Kier alpha value is -2.55. The number of rotatable bonds is 6. The molecular formula is C19H21NO2. The third-order valence-corrected chi connectivity index (χ3v) is 3.46. The Balaban J connectivity index is 1.90. The molecule has 1 N–H and O–H groups in total. The second-order valence-electron chi connectivity index (χ2n) is 4.96. The van der Waals surface area contributed by atoms with Crippen molar-refractivity contribution in [2.45, 2.75) is 19.9 Å². The molecule has 0 aliphatic rings. The van der Waals surface area contributed by atoms with Crippen molar-refractivity contribution in [3.63, 3.8) is 0 Å². The van der Waals surface area contributed by atoms with Crippen LogP contribution in [0.25, 0.3) is 6.08 Å². The van der Waals surface area contributed by atoms with E-state index in [0.717, 1.165) is 23.3 Å². The topological polar surface area (TPSA) is 38.3 Å². The Labute approximate surface area is 131 Å². The number of amides is 1. The summed E-state index contributed by atoms with van der Waals surface area (Å²) in [5, 5.41) is 2.86. The van der Waals surface area contributed by atoms with E-state index in [9.17, 15) is 4.79 Å². The van der Waals surface area contributed by atoms with E-state index in [2.05, 4.69) is 24.4 Å². The van der Waals surface area contributed by atoms with Gasteiger partial charge in [0.1, 0.15) is 5.75 Å². The van der Waals surface area contributed by atoms with Gasteiger partial charge in [0.15, 0.2) is 0 Å². The minimum Gasteiger partial charge on any atom is -0.496 e. The maximum absolute atomic E-state index is 11.9. The van der Waals surface area contributed by atoms with Gasteiger partial charge in [0.25, 0.3) is 0 Å². The Bertz CT molecular complexity index is 645. The number of hydrogen-bond acceptors (Lipinski definition) is 2. The van der Waals surface area contributed by atoms with E-state index in [-0.39, 0.29) is 5.91 Å². The zero-order chi connectivity index (χ0) is 15.8. The molecule has 0 aliphatic heterocycles. The fraction of sp³-hybridized carbons (Fsp3) is 0.211. The van der Waals surface area contributed by atoms with E-state index >= 15 is 0 Å². The van der Waals surface area contributed by atoms with Gasteiger partial charge in [-0.3, -0.25) is 4.79 Å². The lowest BCUT2D eigenvalue weighted by Gasteiger charge is -2.08. The summed E-state index contributed by atoms with van der Waals surface area (Å²) in [5.74, 6) is 0.660. The maximum Gasteiger partial charge on any atom is 0.244 e. The molecule has 0 spiro atoms. The normalized spacial score (nSPS) is 10.6. The number of aryl methyl sites for hydroxylation is 1. The van der Waals surface area contributed by atoms with Crippen molar-refractivity contribution in [1.82, 2.24) is 5.32 Å². The second kappa shape index (κ2) is 8.03. The summed E-state index contributed by atoms with van der Waals surface area (Å²) in [6, 6.07) is 15.8. The quantitative estimate of drug-likeness (QED) is 0.827. The van der Waals surface area contributed by atoms with Crippen molar-refractivity contribution in [3.05, 3.63) is 71.3 Å². The first kappa shape index (κ1) is 15.8. The average molecular weight is 295 g/mol. The van der Waals surface area contributed by atoms with Gasteiger partial charge >= 0.3 is 0 Å². The number of benzene rings is 2. The fourth-order valence-corrected chi connectivity index (χ4v) is 2.13. The van der Waals surface area contributed by atoms with Crippen molar-refractivity contribution >= 4 is 12.0 Å².